The summed E-state index contributed by atoms with van der Waals surface area (Å²) in [5.41, 5.74) is 0.00553. The zero-order valence-corrected chi connectivity index (χ0v) is 10.2. The SMILES string of the molecule is Cc1ccc(OCC(C(=O)O)C(F)(F)F)c([N+](=O)[O-])c1. The van der Waals surface area contributed by atoms with E-state index < -0.39 is 41.0 Å². The first kappa shape index (κ1) is 15.7. The van der Waals surface area contributed by atoms with Crippen molar-refractivity contribution in [3.8, 4) is 5.75 Å². The van der Waals surface area contributed by atoms with Crippen molar-refractivity contribution in [2.45, 2.75) is 13.1 Å². The molecule has 0 aromatic heterocycles. The molecule has 0 radical (unpaired) electrons. The third-order valence-corrected chi connectivity index (χ3v) is 2.41. The Hall–Kier alpha value is -2.32. The van der Waals surface area contributed by atoms with Crippen molar-refractivity contribution < 1.29 is 32.7 Å². The zero-order chi connectivity index (χ0) is 15.5. The summed E-state index contributed by atoms with van der Waals surface area (Å²) in [7, 11) is 0. The van der Waals surface area contributed by atoms with Crippen LogP contribution in [-0.2, 0) is 4.79 Å². The summed E-state index contributed by atoms with van der Waals surface area (Å²) in [6.45, 7) is 0.329. The van der Waals surface area contributed by atoms with Gasteiger partial charge in [-0.05, 0) is 18.6 Å². The van der Waals surface area contributed by atoms with Gasteiger partial charge in [0.15, 0.2) is 11.7 Å². The van der Waals surface area contributed by atoms with Gasteiger partial charge in [0.2, 0.25) is 0 Å². The van der Waals surface area contributed by atoms with Gasteiger partial charge in [-0.3, -0.25) is 14.9 Å². The van der Waals surface area contributed by atoms with E-state index in [0.29, 0.717) is 5.56 Å². The Morgan fingerprint density at radius 3 is 2.55 bits per heavy atom. The molecule has 0 aliphatic rings. The van der Waals surface area contributed by atoms with Crippen LogP contribution in [0.5, 0.6) is 5.75 Å². The average molecular weight is 293 g/mol. The van der Waals surface area contributed by atoms with Crippen LogP contribution in [0.1, 0.15) is 5.56 Å². The van der Waals surface area contributed by atoms with E-state index in [1.54, 1.807) is 6.92 Å². The minimum absolute atomic E-state index is 0.406. The number of carboxylic acid groups (broad SMARTS) is 1. The lowest BCUT2D eigenvalue weighted by Gasteiger charge is -2.16. The Morgan fingerprint density at radius 1 is 1.50 bits per heavy atom. The molecule has 6 nitrogen and oxygen atoms in total. The monoisotopic (exact) mass is 293 g/mol. The quantitative estimate of drug-likeness (QED) is 0.665. The largest absolute Gasteiger partial charge is 0.486 e. The number of ether oxygens (including phenoxy) is 1. The number of hydrogen-bond donors (Lipinski definition) is 1. The van der Waals surface area contributed by atoms with E-state index in [9.17, 15) is 28.1 Å². The first-order valence-corrected chi connectivity index (χ1v) is 5.30. The standard InChI is InChI=1S/C11H10F3NO5/c1-6-2-3-9(8(4-6)15(18)19)20-5-7(10(16)17)11(12,13)14/h2-4,7H,5H2,1H3,(H,16,17). The molecule has 0 heterocycles. The van der Waals surface area contributed by atoms with Gasteiger partial charge in [-0.15, -0.1) is 0 Å². The molecule has 0 spiro atoms. The second-order valence-electron chi connectivity index (χ2n) is 3.97. The molecule has 1 aromatic carbocycles. The lowest BCUT2D eigenvalue weighted by molar-refractivity contribution is -0.386. The number of halogens is 3. The van der Waals surface area contributed by atoms with Gasteiger partial charge in [-0.2, -0.15) is 13.2 Å². The van der Waals surface area contributed by atoms with E-state index in [1.165, 1.54) is 6.07 Å². The molecule has 0 amide bonds. The normalized spacial score (nSPS) is 12.8. The lowest BCUT2D eigenvalue weighted by Crippen LogP contribution is -2.35. The molecule has 1 unspecified atom stereocenters. The molecule has 20 heavy (non-hydrogen) atoms. The van der Waals surface area contributed by atoms with Gasteiger partial charge in [0, 0.05) is 6.07 Å². The van der Waals surface area contributed by atoms with E-state index in [-0.39, 0.29) is 0 Å². The first-order valence-electron chi connectivity index (χ1n) is 5.30. The number of rotatable bonds is 5. The van der Waals surface area contributed by atoms with Crippen molar-refractivity contribution >= 4 is 11.7 Å². The van der Waals surface area contributed by atoms with E-state index >= 15 is 0 Å². The number of hydrogen-bond acceptors (Lipinski definition) is 4. The van der Waals surface area contributed by atoms with Crippen LogP contribution >= 0.6 is 0 Å². The van der Waals surface area contributed by atoms with Crippen molar-refractivity contribution in [2.24, 2.45) is 5.92 Å². The highest BCUT2D eigenvalue weighted by atomic mass is 19.4. The van der Waals surface area contributed by atoms with Crippen molar-refractivity contribution in [3.05, 3.63) is 33.9 Å². The molecule has 0 aliphatic heterocycles. The number of nitro benzene ring substituents is 1. The molecule has 110 valence electrons. The molecule has 0 fully saturated rings. The Balaban J connectivity index is 2.94. The van der Waals surface area contributed by atoms with Gasteiger partial charge < -0.3 is 9.84 Å². The van der Waals surface area contributed by atoms with Crippen molar-refractivity contribution in [1.82, 2.24) is 0 Å². The highest BCUT2D eigenvalue weighted by molar-refractivity contribution is 5.71. The van der Waals surface area contributed by atoms with Crippen molar-refractivity contribution in [1.29, 1.82) is 0 Å². The molecule has 9 heteroatoms. The Morgan fingerprint density at radius 2 is 2.10 bits per heavy atom. The zero-order valence-electron chi connectivity index (χ0n) is 10.2. The van der Waals surface area contributed by atoms with E-state index in [0.717, 1.165) is 12.1 Å². The summed E-state index contributed by atoms with van der Waals surface area (Å²) in [6, 6.07) is 3.66. The molecule has 0 saturated carbocycles. The van der Waals surface area contributed by atoms with E-state index in [2.05, 4.69) is 4.74 Å². The maximum absolute atomic E-state index is 12.4. The van der Waals surface area contributed by atoms with Crippen LogP contribution in [0.15, 0.2) is 18.2 Å². The average Bonchev–Trinajstić information content (AvgIpc) is 2.28. The minimum Gasteiger partial charge on any atom is -0.486 e. The van der Waals surface area contributed by atoms with Crippen LogP contribution in [-0.4, -0.2) is 28.8 Å². The van der Waals surface area contributed by atoms with Gasteiger partial charge in [-0.25, -0.2) is 0 Å². The number of carbonyl (C=O) groups is 1. The predicted molar refractivity (Wildman–Crippen MR) is 60.5 cm³/mol. The number of benzene rings is 1. The Kier molecular flexibility index (Phi) is 4.53. The maximum atomic E-state index is 12.4. The molecule has 0 bridgehead atoms. The van der Waals surface area contributed by atoms with Crippen LogP contribution in [0, 0.1) is 23.0 Å². The molecule has 1 aromatic rings. The van der Waals surface area contributed by atoms with Crippen LogP contribution in [0.3, 0.4) is 0 Å². The van der Waals surface area contributed by atoms with Gasteiger partial charge in [0.05, 0.1) is 4.92 Å². The number of aryl methyl sites for hydroxylation is 1. The van der Waals surface area contributed by atoms with Crippen LogP contribution in [0.25, 0.3) is 0 Å². The Labute approximate surface area is 110 Å². The summed E-state index contributed by atoms with van der Waals surface area (Å²) in [6.07, 6.45) is -4.99. The topological polar surface area (TPSA) is 89.7 Å². The fourth-order valence-corrected chi connectivity index (χ4v) is 1.37. The molecule has 0 saturated heterocycles. The molecule has 1 rings (SSSR count). The van der Waals surface area contributed by atoms with E-state index in [1.807, 2.05) is 0 Å². The number of aliphatic carboxylic acids is 1. The minimum atomic E-state index is -4.99. The highest BCUT2D eigenvalue weighted by Crippen LogP contribution is 2.31. The summed E-state index contributed by atoms with van der Waals surface area (Å²) >= 11 is 0. The van der Waals surface area contributed by atoms with E-state index in [4.69, 9.17) is 5.11 Å². The second-order valence-corrected chi connectivity index (χ2v) is 3.97. The molecule has 1 atom stereocenters. The van der Waals surface area contributed by atoms with Crippen LogP contribution in [0.4, 0.5) is 18.9 Å². The predicted octanol–water partition coefficient (Wildman–Crippen LogP) is 2.55. The summed E-state index contributed by atoms with van der Waals surface area (Å²) in [5.74, 6) is -5.26. The first-order chi connectivity index (χ1) is 9.12. The Bertz CT molecular complexity index is 529. The maximum Gasteiger partial charge on any atom is 0.405 e. The fraction of sp³-hybridized carbons (Fsp3) is 0.364. The van der Waals surface area contributed by atoms with Crippen molar-refractivity contribution in [2.75, 3.05) is 6.61 Å². The second kappa shape index (κ2) is 5.76. The number of nitrogens with zero attached hydrogens (tertiary/aromatic N) is 1. The van der Waals surface area contributed by atoms with Gasteiger partial charge in [0.1, 0.15) is 6.61 Å². The third-order valence-electron chi connectivity index (χ3n) is 2.41. The smallest absolute Gasteiger partial charge is 0.405 e. The summed E-state index contributed by atoms with van der Waals surface area (Å²) in [5, 5.41) is 19.2. The summed E-state index contributed by atoms with van der Waals surface area (Å²) < 4.78 is 41.9. The van der Waals surface area contributed by atoms with Gasteiger partial charge in [-0.1, -0.05) is 6.07 Å². The fourth-order valence-electron chi connectivity index (χ4n) is 1.37. The van der Waals surface area contributed by atoms with Crippen LogP contribution < -0.4 is 4.74 Å². The van der Waals surface area contributed by atoms with Crippen molar-refractivity contribution in [3.63, 3.8) is 0 Å². The molecular formula is C11H10F3NO5. The number of carboxylic acids is 1. The van der Waals surface area contributed by atoms with Gasteiger partial charge in [0.25, 0.3) is 0 Å². The molecule has 0 aliphatic carbocycles. The summed E-state index contributed by atoms with van der Waals surface area (Å²) in [4.78, 5) is 20.4. The molecule has 1 N–H and O–H groups in total. The number of alkyl halides is 3. The third kappa shape index (κ3) is 3.84. The number of nitro groups is 1. The van der Waals surface area contributed by atoms with Crippen LogP contribution in [0.2, 0.25) is 0 Å². The van der Waals surface area contributed by atoms with Gasteiger partial charge >= 0.3 is 17.8 Å². The lowest BCUT2D eigenvalue weighted by atomic mass is 10.1. The highest BCUT2D eigenvalue weighted by Gasteiger charge is 2.46. The molecular weight excluding hydrogens is 283 g/mol.